The number of thiazole rings is 1. The highest BCUT2D eigenvalue weighted by molar-refractivity contribution is 7.15. The van der Waals surface area contributed by atoms with Gasteiger partial charge in [0.05, 0.1) is 27.2 Å². The van der Waals surface area contributed by atoms with Crippen LogP contribution in [0.15, 0.2) is 41.7 Å². The van der Waals surface area contributed by atoms with Gasteiger partial charge in [-0.25, -0.2) is 4.98 Å². The van der Waals surface area contributed by atoms with Crippen molar-refractivity contribution >= 4 is 39.5 Å². The first-order valence-electron chi connectivity index (χ1n) is 8.49. The minimum absolute atomic E-state index is 0.0378. The maximum absolute atomic E-state index is 13.3. The zero-order valence-electron chi connectivity index (χ0n) is 15.3. The lowest BCUT2D eigenvalue weighted by atomic mass is 9.95. The number of rotatable bonds is 4. The number of nitrogens with zero attached hydrogens (tertiary/aromatic N) is 4. The minimum Gasteiger partial charge on any atom is -0.503 e. The molecule has 28 heavy (non-hydrogen) atoms. The third-order valence-corrected chi connectivity index (χ3v) is 6.31. The average Bonchev–Trinajstić information content (AvgIpc) is 3.32. The second-order valence-corrected chi connectivity index (χ2v) is 8.69. The molecule has 0 radical (unpaired) electrons. The molecule has 1 aliphatic rings. The molecular formula is C19H16N4O3S2. The van der Waals surface area contributed by atoms with Gasteiger partial charge >= 0.3 is 0 Å². The van der Waals surface area contributed by atoms with E-state index in [1.165, 1.54) is 27.6 Å². The lowest BCUT2D eigenvalue weighted by molar-refractivity contribution is -0.117. The first-order chi connectivity index (χ1) is 13.4. The van der Waals surface area contributed by atoms with Crippen molar-refractivity contribution in [3.63, 3.8) is 0 Å². The number of hydrogen-bond donors (Lipinski definition) is 1. The zero-order valence-corrected chi connectivity index (χ0v) is 17.0. The van der Waals surface area contributed by atoms with E-state index in [0.717, 1.165) is 5.01 Å². The Bertz CT molecular complexity index is 1120. The number of aliphatic hydroxyl groups excluding tert-OH is 1. The molecule has 7 nitrogen and oxygen atoms in total. The molecule has 9 heteroatoms. The number of anilines is 1. The summed E-state index contributed by atoms with van der Waals surface area (Å²) in [4.78, 5) is 32.3. The molecule has 1 atom stereocenters. The number of carbonyl (C=O) groups excluding carboxylic acids is 2. The van der Waals surface area contributed by atoms with Crippen LogP contribution in [-0.4, -0.2) is 32.0 Å². The third-order valence-electron chi connectivity index (χ3n) is 4.40. The smallest absolute Gasteiger partial charge is 0.296 e. The molecular weight excluding hydrogens is 396 g/mol. The molecule has 0 bridgehead atoms. The topological polar surface area (TPSA) is 96.3 Å². The number of aromatic nitrogens is 3. The second-order valence-electron chi connectivity index (χ2n) is 6.33. The number of aryl methyl sites for hydroxylation is 3. The van der Waals surface area contributed by atoms with Crippen LogP contribution in [0.1, 0.15) is 37.0 Å². The fourth-order valence-electron chi connectivity index (χ4n) is 3.23. The van der Waals surface area contributed by atoms with Crippen LogP contribution in [0.3, 0.4) is 0 Å². The highest BCUT2D eigenvalue weighted by Gasteiger charge is 2.46. The number of hydrogen-bond acceptors (Lipinski definition) is 8. The molecule has 2 aromatic heterocycles. The molecule has 1 unspecified atom stereocenters. The van der Waals surface area contributed by atoms with Crippen molar-refractivity contribution in [1.82, 2.24) is 15.2 Å². The molecule has 3 heterocycles. The molecule has 0 saturated carbocycles. The summed E-state index contributed by atoms with van der Waals surface area (Å²) >= 11 is 2.48. The Hall–Kier alpha value is -2.91. The highest BCUT2D eigenvalue weighted by atomic mass is 32.1. The van der Waals surface area contributed by atoms with Gasteiger partial charge in [-0.1, -0.05) is 41.7 Å². The van der Waals surface area contributed by atoms with E-state index in [0.29, 0.717) is 26.3 Å². The summed E-state index contributed by atoms with van der Waals surface area (Å²) in [6.45, 7) is 5.34. The van der Waals surface area contributed by atoms with Gasteiger partial charge in [0.2, 0.25) is 10.9 Å². The Balaban J connectivity index is 1.89. The van der Waals surface area contributed by atoms with Crippen LogP contribution in [0.2, 0.25) is 0 Å². The monoisotopic (exact) mass is 412 g/mol. The zero-order chi connectivity index (χ0) is 20.0. The molecule has 0 aliphatic carbocycles. The predicted octanol–water partition coefficient (Wildman–Crippen LogP) is 3.70. The Morgan fingerprint density at radius 1 is 1.07 bits per heavy atom. The summed E-state index contributed by atoms with van der Waals surface area (Å²) in [5.41, 5.74) is 1.32. The van der Waals surface area contributed by atoms with Crippen molar-refractivity contribution in [3.8, 4) is 0 Å². The summed E-state index contributed by atoms with van der Waals surface area (Å²) in [6.07, 6.45) is 0. The van der Waals surface area contributed by atoms with Crippen molar-refractivity contribution in [2.24, 2.45) is 0 Å². The van der Waals surface area contributed by atoms with Crippen molar-refractivity contribution in [2.75, 3.05) is 4.90 Å². The molecule has 1 N–H and O–H groups in total. The van der Waals surface area contributed by atoms with E-state index in [4.69, 9.17) is 0 Å². The average molecular weight is 412 g/mol. The largest absolute Gasteiger partial charge is 0.503 e. The Labute approximate surface area is 169 Å². The summed E-state index contributed by atoms with van der Waals surface area (Å²) < 4.78 is 0. The first kappa shape index (κ1) is 18.5. The van der Waals surface area contributed by atoms with Gasteiger partial charge in [0.15, 0.2) is 5.76 Å². The van der Waals surface area contributed by atoms with Gasteiger partial charge in [-0.05, 0) is 26.3 Å². The van der Waals surface area contributed by atoms with Gasteiger partial charge in [0.25, 0.3) is 5.91 Å². The maximum Gasteiger partial charge on any atom is 0.296 e. The molecule has 0 fully saturated rings. The quantitative estimate of drug-likeness (QED) is 0.657. The number of amides is 1. The number of carbonyl (C=O) groups is 2. The Morgan fingerprint density at radius 3 is 2.36 bits per heavy atom. The standard InChI is InChI=1S/C19H16N4O3S2/c1-9-17(27-10(2)20-9)15(24)13-14(12-7-5-4-6-8-12)23(18(26)16(13)25)19-22-21-11(3)28-19/h4-8,14,25H,1-3H3. The van der Waals surface area contributed by atoms with E-state index in [9.17, 15) is 14.7 Å². The molecule has 4 rings (SSSR count). The van der Waals surface area contributed by atoms with Crippen LogP contribution in [0.4, 0.5) is 5.13 Å². The van der Waals surface area contributed by atoms with E-state index in [-0.39, 0.29) is 5.57 Å². The lowest BCUT2D eigenvalue weighted by Gasteiger charge is -2.23. The lowest BCUT2D eigenvalue weighted by Crippen LogP contribution is -2.31. The molecule has 0 spiro atoms. The van der Waals surface area contributed by atoms with Crippen LogP contribution in [0.25, 0.3) is 0 Å². The van der Waals surface area contributed by atoms with Crippen molar-refractivity contribution in [1.29, 1.82) is 0 Å². The predicted molar refractivity (Wildman–Crippen MR) is 107 cm³/mol. The van der Waals surface area contributed by atoms with Gasteiger partial charge in [0, 0.05) is 0 Å². The summed E-state index contributed by atoms with van der Waals surface area (Å²) in [6, 6.07) is 8.34. The summed E-state index contributed by atoms with van der Waals surface area (Å²) in [7, 11) is 0. The van der Waals surface area contributed by atoms with E-state index in [1.807, 2.05) is 37.3 Å². The number of aliphatic hydroxyl groups is 1. The Morgan fingerprint density at radius 2 is 1.79 bits per heavy atom. The van der Waals surface area contributed by atoms with E-state index >= 15 is 0 Å². The SMILES string of the molecule is Cc1nnc(N2C(=O)C(O)=C(C(=O)c3sc(C)nc3C)C2c2ccccc2)s1. The number of Topliss-reactive ketones (excluding diaryl/α,β-unsaturated/α-hetero) is 1. The third kappa shape index (κ3) is 2.92. The van der Waals surface area contributed by atoms with Gasteiger partial charge in [0.1, 0.15) is 5.01 Å². The fraction of sp³-hybridized carbons (Fsp3) is 0.211. The van der Waals surface area contributed by atoms with Gasteiger partial charge in [-0.15, -0.1) is 21.5 Å². The highest BCUT2D eigenvalue weighted by Crippen LogP contribution is 2.43. The Kier molecular flexibility index (Phi) is 4.56. The van der Waals surface area contributed by atoms with E-state index < -0.39 is 23.5 Å². The molecule has 1 aromatic carbocycles. The van der Waals surface area contributed by atoms with Crippen molar-refractivity contribution < 1.29 is 14.7 Å². The summed E-state index contributed by atoms with van der Waals surface area (Å²) in [5, 5.41) is 20.5. The summed E-state index contributed by atoms with van der Waals surface area (Å²) in [5.74, 6) is -1.61. The van der Waals surface area contributed by atoms with E-state index in [1.54, 1.807) is 13.8 Å². The van der Waals surface area contributed by atoms with Gasteiger partial charge < -0.3 is 5.11 Å². The molecule has 142 valence electrons. The molecule has 1 aliphatic heterocycles. The maximum atomic E-state index is 13.3. The van der Waals surface area contributed by atoms with E-state index in [2.05, 4.69) is 15.2 Å². The molecule has 0 saturated heterocycles. The number of benzene rings is 1. The first-order valence-corrected chi connectivity index (χ1v) is 10.1. The van der Waals surface area contributed by atoms with Gasteiger partial charge in [-0.3, -0.25) is 14.5 Å². The van der Waals surface area contributed by atoms with Crippen LogP contribution in [-0.2, 0) is 4.79 Å². The molecule has 3 aromatic rings. The second kappa shape index (κ2) is 6.92. The van der Waals surface area contributed by atoms with Crippen LogP contribution < -0.4 is 4.90 Å². The van der Waals surface area contributed by atoms with Gasteiger partial charge in [-0.2, -0.15) is 0 Å². The van der Waals surface area contributed by atoms with Crippen molar-refractivity contribution in [3.05, 3.63) is 67.8 Å². The van der Waals surface area contributed by atoms with Crippen molar-refractivity contribution in [2.45, 2.75) is 26.8 Å². The number of ketones is 1. The fourth-order valence-corrected chi connectivity index (χ4v) is 4.82. The molecule has 1 amide bonds. The van der Waals surface area contributed by atoms with Crippen LogP contribution in [0, 0.1) is 20.8 Å². The minimum atomic E-state index is -0.782. The normalized spacial score (nSPS) is 16.9. The van der Waals surface area contributed by atoms with Crippen LogP contribution >= 0.6 is 22.7 Å². The van der Waals surface area contributed by atoms with Crippen LogP contribution in [0.5, 0.6) is 0 Å².